The lowest BCUT2D eigenvalue weighted by Gasteiger charge is -2.29. The molecule has 148 valence electrons. The molecule has 0 saturated carbocycles. The van der Waals surface area contributed by atoms with Gasteiger partial charge in [0.25, 0.3) is 0 Å². The Hall–Kier alpha value is -1.50. The van der Waals surface area contributed by atoms with Gasteiger partial charge < -0.3 is 14.5 Å². The van der Waals surface area contributed by atoms with Crippen LogP contribution in [0.15, 0.2) is 18.2 Å². The number of morpholine rings is 1. The first-order chi connectivity index (χ1) is 13.1. The molecule has 3 aliphatic heterocycles. The lowest BCUT2D eigenvalue weighted by atomic mass is 9.85. The number of ether oxygens (including phenoxy) is 1. The molecule has 1 amide bonds. The molecular weight excluding hydrogens is 340 g/mol. The molecule has 1 spiro atoms. The van der Waals surface area contributed by atoms with E-state index in [2.05, 4.69) is 31.8 Å². The van der Waals surface area contributed by atoms with Gasteiger partial charge in [-0.1, -0.05) is 6.07 Å². The van der Waals surface area contributed by atoms with E-state index in [-0.39, 0.29) is 5.41 Å². The molecule has 3 saturated heterocycles. The van der Waals surface area contributed by atoms with Gasteiger partial charge in [-0.3, -0.25) is 14.7 Å². The Morgan fingerprint density at radius 3 is 2.67 bits per heavy atom. The van der Waals surface area contributed by atoms with Crippen LogP contribution in [0.2, 0.25) is 0 Å². The van der Waals surface area contributed by atoms with Crippen LogP contribution in [0.4, 0.5) is 0 Å². The summed E-state index contributed by atoms with van der Waals surface area (Å²) in [6, 6.07) is 6.22. The van der Waals surface area contributed by atoms with Crippen molar-refractivity contribution in [2.24, 2.45) is 5.41 Å². The number of aryl methyl sites for hydroxylation is 1. The second-order valence-corrected chi connectivity index (χ2v) is 8.32. The van der Waals surface area contributed by atoms with Crippen LogP contribution in [0.1, 0.15) is 24.2 Å². The highest BCUT2D eigenvalue weighted by Crippen LogP contribution is 2.40. The van der Waals surface area contributed by atoms with Crippen LogP contribution in [0, 0.1) is 12.3 Å². The maximum atomic E-state index is 13.1. The first-order valence-corrected chi connectivity index (χ1v) is 10.4. The number of pyridine rings is 1. The van der Waals surface area contributed by atoms with E-state index in [1.54, 1.807) is 0 Å². The average molecular weight is 373 g/mol. The number of aromatic nitrogens is 1. The second-order valence-electron chi connectivity index (χ2n) is 8.32. The van der Waals surface area contributed by atoms with Gasteiger partial charge in [-0.05, 0) is 38.4 Å². The monoisotopic (exact) mass is 372 g/mol. The third-order valence-corrected chi connectivity index (χ3v) is 6.45. The molecule has 1 aromatic rings. The zero-order valence-electron chi connectivity index (χ0n) is 16.5. The molecule has 1 unspecified atom stereocenters. The summed E-state index contributed by atoms with van der Waals surface area (Å²) < 4.78 is 5.41. The van der Waals surface area contributed by atoms with E-state index in [0.717, 1.165) is 96.2 Å². The molecule has 4 rings (SSSR count). The first kappa shape index (κ1) is 18.8. The Morgan fingerprint density at radius 1 is 1.04 bits per heavy atom. The number of hydrogen-bond acceptors (Lipinski definition) is 5. The van der Waals surface area contributed by atoms with Gasteiger partial charge in [-0.15, -0.1) is 0 Å². The van der Waals surface area contributed by atoms with Gasteiger partial charge in [0.2, 0.25) is 5.91 Å². The van der Waals surface area contributed by atoms with Crippen LogP contribution in [0.5, 0.6) is 0 Å². The Bertz CT molecular complexity index is 661. The Morgan fingerprint density at radius 2 is 1.85 bits per heavy atom. The van der Waals surface area contributed by atoms with Crippen LogP contribution < -0.4 is 0 Å². The molecule has 3 fully saturated rings. The molecule has 6 nitrogen and oxygen atoms in total. The maximum absolute atomic E-state index is 13.1. The van der Waals surface area contributed by atoms with E-state index < -0.39 is 0 Å². The van der Waals surface area contributed by atoms with Gasteiger partial charge in [0.05, 0.1) is 18.6 Å². The SMILES string of the molecule is Cc1cccc(CCN2CCC3(CCN(CCN4CCOCC4)C3=O)C2)n1. The minimum absolute atomic E-state index is 0.120. The van der Waals surface area contributed by atoms with Crippen LogP contribution in [-0.4, -0.2) is 91.2 Å². The third kappa shape index (κ3) is 4.33. The van der Waals surface area contributed by atoms with Gasteiger partial charge in [-0.25, -0.2) is 0 Å². The lowest BCUT2D eigenvalue weighted by molar-refractivity contribution is -0.135. The van der Waals surface area contributed by atoms with Crippen molar-refractivity contribution in [1.82, 2.24) is 19.7 Å². The fraction of sp³-hybridized carbons (Fsp3) is 0.714. The topological polar surface area (TPSA) is 48.9 Å². The smallest absolute Gasteiger partial charge is 0.230 e. The summed E-state index contributed by atoms with van der Waals surface area (Å²) in [5, 5.41) is 0. The zero-order chi connectivity index (χ0) is 18.7. The number of carbonyl (C=O) groups is 1. The van der Waals surface area contributed by atoms with E-state index in [1.165, 1.54) is 0 Å². The third-order valence-electron chi connectivity index (χ3n) is 6.45. The van der Waals surface area contributed by atoms with Crippen LogP contribution in [0.25, 0.3) is 0 Å². The highest BCUT2D eigenvalue weighted by molar-refractivity contribution is 5.85. The predicted molar refractivity (Wildman–Crippen MR) is 105 cm³/mol. The largest absolute Gasteiger partial charge is 0.379 e. The Kier molecular flexibility index (Phi) is 5.76. The van der Waals surface area contributed by atoms with Crippen LogP contribution in [-0.2, 0) is 16.0 Å². The summed E-state index contributed by atoms with van der Waals surface area (Å²) in [6.45, 7) is 11.4. The summed E-state index contributed by atoms with van der Waals surface area (Å²) in [4.78, 5) is 24.7. The molecule has 0 N–H and O–H groups in total. The van der Waals surface area contributed by atoms with E-state index in [9.17, 15) is 4.79 Å². The van der Waals surface area contributed by atoms with Crippen LogP contribution in [0.3, 0.4) is 0 Å². The highest BCUT2D eigenvalue weighted by atomic mass is 16.5. The van der Waals surface area contributed by atoms with Crippen molar-refractivity contribution >= 4 is 5.91 Å². The van der Waals surface area contributed by atoms with E-state index in [1.807, 2.05) is 13.0 Å². The average Bonchev–Trinajstić information content (AvgIpc) is 3.24. The predicted octanol–water partition coefficient (Wildman–Crippen LogP) is 1.19. The lowest BCUT2D eigenvalue weighted by Crippen LogP contribution is -2.43. The van der Waals surface area contributed by atoms with Crippen molar-refractivity contribution in [2.75, 3.05) is 65.6 Å². The first-order valence-electron chi connectivity index (χ1n) is 10.4. The quantitative estimate of drug-likeness (QED) is 0.751. The summed E-state index contributed by atoms with van der Waals surface area (Å²) in [5.74, 6) is 0.395. The maximum Gasteiger partial charge on any atom is 0.230 e. The van der Waals surface area contributed by atoms with Crippen LogP contribution >= 0.6 is 0 Å². The number of nitrogens with zero attached hydrogens (tertiary/aromatic N) is 4. The molecule has 3 aliphatic rings. The summed E-state index contributed by atoms with van der Waals surface area (Å²) >= 11 is 0. The Labute approximate surface area is 162 Å². The van der Waals surface area contributed by atoms with Crippen molar-refractivity contribution in [3.8, 4) is 0 Å². The van der Waals surface area contributed by atoms with Gasteiger partial charge >= 0.3 is 0 Å². The fourth-order valence-corrected chi connectivity index (χ4v) is 4.73. The molecule has 1 aromatic heterocycles. The minimum Gasteiger partial charge on any atom is -0.379 e. The van der Waals surface area contributed by atoms with Crippen molar-refractivity contribution in [1.29, 1.82) is 0 Å². The standard InChI is InChI=1S/C21H32N4O2/c1-18-3-2-4-19(22-18)5-8-24-9-6-21(17-24)7-10-25(20(21)26)12-11-23-13-15-27-16-14-23/h2-4H,5-17H2,1H3. The molecule has 0 radical (unpaired) electrons. The molecule has 0 bridgehead atoms. The summed E-state index contributed by atoms with van der Waals surface area (Å²) in [7, 11) is 0. The summed E-state index contributed by atoms with van der Waals surface area (Å²) in [6.07, 6.45) is 3.00. The number of likely N-dealkylation sites (tertiary alicyclic amines) is 2. The van der Waals surface area contributed by atoms with Gasteiger partial charge in [0, 0.05) is 63.6 Å². The number of carbonyl (C=O) groups excluding carboxylic acids is 1. The number of hydrogen-bond donors (Lipinski definition) is 0. The molecule has 4 heterocycles. The number of amides is 1. The number of rotatable bonds is 6. The van der Waals surface area contributed by atoms with Gasteiger partial charge in [0.15, 0.2) is 0 Å². The highest BCUT2D eigenvalue weighted by Gasteiger charge is 2.50. The van der Waals surface area contributed by atoms with E-state index in [0.29, 0.717) is 5.91 Å². The molecule has 6 heteroatoms. The van der Waals surface area contributed by atoms with Crippen molar-refractivity contribution in [3.05, 3.63) is 29.6 Å². The second kappa shape index (κ2) is 8.25. The summed E-state index contributed by atoms with van der Waals surface area (Å²) in [5.41, 5.74) is 2.11. The van der Waals surface area contributed by atoms with Crippen molar-refractivity contribution in [3.63, 3.8) is 0 Å². The Balaban J connectivity index is 1.26. The van der Waals surface area contributed by atoms with Crippen molar-refractivity contribution < 1.29 is 9.53 Å². The molecular formula is C21H32N4O2. The van der Waals surface area contributed by atoms with Gasteiger partial charge in [0.1, 0.15) is 0 Å². The van der Waals surface area contributed by atoms with E-state index >= 15 is 0 Å². The molecule has 27 heavy (non-hydrogen) atoms. The minimum atomic E-state index is -0.120. The fourth-order valence-electron chi connectivity index (χ4n) is 4.73. The van der Waals surface area contributed by atoms with Crippen molar-refractivity contribution in [2.45, 2.75) is 26.2 Å². The van der Waals surface area contributed by atoms with Gasteiger partial charge in [-0.2, -0.15) is 0 Å². The molecule has 0 aliphatic carbocycles. The molecule has 1 atom stereocenters. The van der Waals surface area contributed by atoms with E-state index in [4.69, 9.17) is 4.74 Å². The molecule has 0 aromatic carbocycles. The normalized spacial score (nSPS) is 27.1. The zero-order valence-corrected chi connectivity index (χ0v) is 16.5.